The van der Waals surface area contributed by atoms with Crippen LogP contribution in [0, 0.1) is 0 Å². The maximum atomic E-state index is 12.8. The van der Waals surface area contributed by atoms with Gasteiger partial charge < -0.3 is 10.6 Å². The SMILES string of the molecule is CC(=O)Nc1ccc(/C=N/NC(=O)C(Cc2ccccc2)NC(=O)c2ccccc2)cc1. The summed E-state index contributed by atoms with van der Waals surface area (Å²) in [4.78, 5) is 36.5. The standard InChI is InChI=1S/C25H24N4O3/c1-18(30)27-22-14-12-20(13-15-22)17-26-29-25(32)23(16-19-8-4-2-5-9-19)28-24(31)21-10-6-3-7-11-21/h2-15,17,23H,16H2,1H3,(H,27,30)(H,28,31)(H,29,32)/b26-17+. The van der Waals surface area contributed by atoms with Gasteiger partial charge in [-0.25, -0.2) is 5.43 Å². The minimum atomic E-state index is -0.801. The number of carbonyl (C=O) groups excluding carboxylic acids is 3. The van der Waals surface area contributed by atoms with E-state index in [-0.39, 0.29) is 11.8 Å². The highest BCUT2D eigenvalue weighted by Gasteiger charge is 2.21. The van der Waals surface area contributed by atoms with E-state index in [9.17, 15) is 14.4 Å². The molecule has 0 fully saturated rings. The van der Waals surface area contributed by atoms with Gasteiger partial charge in [-0.1, -0.05) is 60.7 Å². The minimum Gasteiger partial charge on any atom is -0.340 e. The molecular formula is C25H24N4O3. The number of hydrogen-bond donors (Lipinski definition) is 3. The van der Waals surface area contributed by atoms with Crippen LogP contribution in [0.4, 0.5) is 5.69 Å². The quantitative estimate of drug-likeness (QED) is 0.380. The lowest BCUT2D eigenvalue weighted by Gasteiger charge is -2.17. The van der Waals surface area contributed by atoms with Gasteiger partial charge in [0, 0.05) is 24.6 Å². The first kappa shape index (κ1) is 22.4. The van der Waals surface area contributed by atoms with Crippen LogP contribution in [0.2, 0.25) is 0 Å². The van der Waals surface area contributed by atoms with Crippen molar-refractivity contribution in [2.45, 2.75) is 19.4 Å². The topological polar surface area (TPSA) is 99.7 Å². The molecule has 3 rings (SSSR count). The molecule has 7 nitrogen and oxygen atoms in total. The van der Waals surface area contributed by atoms with Crippen molar-refractivity contribution in [3.8, 4) is 0 Å². The largest absolute Gasteiger partial charge is 0.340 e. The fourth-order valence-electron chi connectivity index (χ4n) is 2.99. The summed E-state index contributed by atoms with van der Waals surface area (Å²) in [5.74, 6) is -0.913. The third kappa shape index (κ3) is 6.91. The zero-order valence-electron chi connectivity index (χ0n) is 17.6. The molecular weight excluding hydrogens is 404 g/mol. The molecule has 3 N–H and O–H groups in total. The number of hydrogen-bond acceptors (Lipinski definition) is 4. The molecule has 1 unspecified atom stereocenters. The van der Waals surface area contributed by atoms with Gasteiger partial charge in [-0.05, 0) is 35.4 Å². The van der Waals surface area contributed by atoms with Gasteiger partial charge in [0.1, 0.15) is 6.04 Å². The molecule has 0 bridgehead atoms. The first-order valence-electron chi connectivity index (χ1n) is 10.1. The Bertz CT molecular complexity index is 1080. The number of benzene rings is 3. The lowest BCUT2D eigenvalue weighted by molar-refractivity contribution is -0.123. The summed E-state index contributed by atoms with van der Waals surface area (Å²) < 4.78 is 0. The monoisotopic (exact) mass is 428 g/mol. The van der Waals surface area contributed by atoms with Crippen LogP contribution in [0.1, 0.15) is 28.4 Å². The molecule has 0 aliphatic carbocycles. The summed E-state index contributed by atoms with van der Waals surface area (Å²) >= 11 is 0. The van der Waals surface area contributed by atoms with Crippen molar-refractivity contribution in [1.29, 1.82) is 0 Å². The van der Waals surface area contributed by atoms with Gasteiger partial charge in [0.2, 0.25) is 5.91 Å². The highest BCUT2D eigenvalue weighted by molar-refractivity contribution is 5.97. The van der Waals surface area contributed by atoms with E-state index >= 15 is 0 Å². The van der Waals surface area contributed by atoms with E-state index in [0.717, 1.165) is 11.1 Å². The second kappa shape index (κ2) is 11.2. The Labute approximate surface area is 186 Å². The molecule has 0 spiro atoms. The second-order valence-corrected chi connectivity index (χ2v) is 7.12. The number of amides is 3. The Morgan fingerprint density at radius 2 is 1.50 bits per heavy atom. The molecule has 0 saturated carbocycles. The highest BCUT2D eigenvalue weighted by Crippen LogP contribution is 2.08. The summed E-state index contributed by atoms with van der Waals surface area (Å²) in [6, 6.07) is 24.4. The summed E-state index contributed by atoms with van der Waals surface area (Å²) in [5.41, 5.74) is 5.30. The Morgan fingerprint density at radius 1 is 0.875 bits per heavy atom. The Morgan fingerprint density at radius 3 is 2.12 bits per heavy atom. The van der Waals surface area contributed by atoms with Crippen LogP contribution in [0.15, 0.2) is 90.0 Å². The average molecular weight is 428 g/mol. The predicted molar refractivity (Wildman–Crippen MR) is 124 cm³/mol. The van der Waals surface area contributed by atoms with Crippen LogP contribution < -0.4 is 16.1 Å². The first-order chi connectivity index (χ1) is 15.5. The number of nitrogens with one attached hydrogen (secondary N) is 3. The zero-order valence-corrected chi connectivity index (χ0v) is 17.6. The lowest BCUT2D eigenvalue weighted by Crippen LogP contribution is -2.46. The van der Waals surface area contributed by atoms with E-state index in [1.54, 1.807) is 48.5 Å². The van der Waals surface area contributed by atoms with Crippen molar-refractivity contribution in [3.63, 3.8) is 0 Å². The van der Waals surface area contributed by atoms with Crippen LogP contribution in [-0.2, 0) is 16.0 Å². The number of nitrogens with zero attached hydrogens (tertiary/aromatic N) is 1. The van der Waals surface area contributed by atoms with Crippen molar-refractivity contribution in [1.82, 2.24) is 10.7 Å². The number of anilines is 1. The summed E-state index contributed by atoms with van der Waals surface area (Å²) in [6.07, 6.45) is 1.82. The normalized spacial score (nSPS) is 11.5. The van der Waals surface area contributed by atoms with Gasteiger partial charge in [-0.2, -0.15) is 5.10 Å². The number of rotatable bonds is 8. The fraction of sp³-hybridized carbons (Fsp3) is 0.120. The van der Waals surface area contributed by atoms with Crippen LogP contribution in [0.3, 0.4) is 0 Å². The molecule has 3 amide bonds. The van der Waals surface area contributed by atoms with Crippen LogP contribution >= 0.6 is 0 Å². The fourth-order valence-corrected chi connectivity index (χ4v) is 2.99. The van der Waals surface area contributed by atoms with Gasteiger partial charge in [0.25, 0.3) is 11.8 Å². The lowest BCUT2D eigenvalue weighted by atomic mass is 10.0. The smallest absolute Gasteiger partial charge is 0.262 e. The summed E-state index contributed by atoms with van der Waals surface area (Å²) in [5, 5.41) is 9.49. The van der Waals surface area contributed by atoms with Gasteiger partial charge in [-0.15, -0.1) is 0 Å². The number of carbonyl (C=O) groups is 3. The van der Waals surface area contributed by atoms with Gasteiger partial charge in [0.05, 0.1) is 6.21 Å². The van der Waals surface area contributed by atoms with E-state index in [1.807, 2.05) is 36.4 Å². The highest BCUT2D eigenvalue weighted by atomic mass is 16.2. The molecule has 0 saturated heterocycles. The second-order valence-electron chi connectivity index (χ2n) is 7.12. The minimum absolute atomic E-state index is 0.152. The van der Waals surface area contributed by atoms with E-state index in [2.05, 4.69) is 21.2 Å². The van der Waals surface area contributed by atoms with Crippen LogP contribution in [0.5, 0.6) is 0 Å². The molecule has 0 heterocycles. The Hall–Kier alpha value is -4.26. The molecule has 0 aromatic heterocycles. The molecule has 0 radical (unpaired) electrons. The van der Waals surface area contributed by atoms with E-state index in [1.165, 1.54) is 13.1 Å². The van der Waals surface area contributed by atoms with Crippen LogP contribution in [0.25, 0.3) is 0 Å². The third-order valence-corrected chi connectivity index (χ3v) is 4.56. The van der Waals surface area contributed by atoms with E-state index in [4.69, 9.17) is 0 Å². The molecule has 0 aliphatic rings. The Kier molecular flexibility index (Phi) is 7.86. The molecule has 32 heavy (non-hydrogen) atoms. The van der Waals surface area contributed by atoms with Crippen molar-refractivity contribution in [2.24, 2.45) is 5.10 Å². The number of hydrazone groups is 1. The predicted octanol–water partition coefficient (Wildman–Crippen LogP) is 3.14. The summed E-state index contributed by atoms with van der Waals surface area (Å²) in [6.45, 7) is 1.44. The van der Waals surface area contributed by atoms with Gasteiger partial charge in [-0.3, -0.25) is 14.4 Å². The van der Waals surface area contributed by atoms with Crippen molar-refractivity contribution < 1.29 is 14.4 Å². The maximum absolute atomic E-state index is 12.8. The molecule has 1 atom stereocenters. The first-order valence-corrected chi connectivity index (χ1v) is 10.1. The van der Waals surface area contributed by atoms with Crippen molar-refractivity contribution in [3.05, 3.63) is 102 Å². The van der Waals surface area contributed by atoms with Crippen LogP contribution in [-0.4, -0.2) is 30.0 Å². The van der Waals surface area contributed by atoms with Gasteiger partial charge in [0.15, 0.2) is 0 Å². The molecule has 3 aromatic rings. The van der Waals surface area contributed by atoms with Gasteiger partial charge >= 0.3 is 0 Å². The Balaban J connectivity index is 1.66. The maximum Gasteiger partial charge on any atom is 0.262 e. The molecule has 0 aliphatic heterocycles. The molecule has 3 aromatic carbocycles. The molecule has 162 valence electrons. The zero-order chi connectivity index (χ0) is 22.8. The van der Waals surface area contributed by atoms with Crippen molar-refractivity contribution >= 4 is 29.6 Å². The van der Waals surface area contributed by atoms with Crippen molar-refractivity contribution in [2.75, 3.05) is 5.32 Å². The van der Waals surface area contributed by atoms with E-state index in [0.29, 0.717) is 17.7 Å². The molecule has 7 heteroatoms. The summed E-state index contributed by atoms with van der Waals surface area (Å²) in [7, 11) is 0. The van der Waals surface area contributed by atoms with E-state index < -0.39 is 11.9 Å². The third-order valence-electron chi connectivity index (χ3n) is 4.56. The average Bonchev–Trinajstić information content (AvgIpc) is 2.80.